The molecule has 2 N–H and O–H groups in total. The molecule has 0 radical (unpaired) electrons. The molecule has 0 aliphatic carbocycles. The average molecular weight is 252 g/mol. The number of amides is 2. The fourth-order valence-electron chi connectivity index (χ4n) is 1.43. The number of rotatable bonds is 4. The summed E-state index contributed by atoms with van der Waals surface area (Å²) in [7, 11) is 3.10. The van der Waals surface area contributed by atoms with Crippen molar-refractivity contribution in [2.75, 3.05) is 25.5 Å². The number of carbonyl (C=O) groups is 2. The molecule has 0 bridgehead atoms. The van der Waals surface area contributed by atoms with E-state index in [1.54, 1.807) is 19.2 Å². The van der Waals surface area contributed by atoms with Crippen molar-refractivity contribution in [3.05, 3.63) is 24.3 Å². The molecular weight excluding hydrogens is 236 g/mol. The minimum atomic E-state index is -0.949. The zero-order valence-corrected chi connectivity index (χ0v) is 10.3. The molecule has 6 heteroatoms. The summed E-state index contributed by atoms with van der Waals surface area (Å²) in [6.45, 7) is 0.136. The van der Waals surface area contributed by atoms with Crippen molar-refractivity contribution in [3.8, 4) is 5.75 Å². The molecule has 0 spiro atoms. The van der Waals surface area contributed by atoms with Gasteiger partial charge in [-0.2, -0.15) is 0 Å². The summed E-state index contributed by atoms with van der Waals surface area (Å²) in [5.74, 6) is -0.880. The van der Waals surface area contributed by atoms with Crippen LogP contribution >= 0.6 is 0 Å². The van der Waals surface area contributed by atoms with E-state index in [1.165, 1.54) is 29.0 Å². The minimum absolute atomic E-state index is 0.0698. The van der Waals surface area contributed by atoms with E-state index in [2.05, 4.69) is 0 Å². The van der Waals surface area contributed by atoms with Crippen molar-refractivity contribution >= 4 is 17.7 Å². The van der Waals surface area contributed by atoms with E-state index in [-0.39, 0.29) is 24.7 Å². The van der Waals surface area contributed by atoms with Crippen LogP contribution in [0.3, 0.4) is 0 Å². The molecule has 1 aromatic rings. The van der Waals surface area contributed by atoms with Gasteiger partial charge in [0, 0.05) is 32.4 Å². The third kappa shape index (κ3) is 3.65. The zero-order valence-electron chi connectivity index (χ0n) is 10.3. The Kier molecular flexibility index (Phi) is 4.53. The smallest absolute Gasteiger partial charge is 0.323 e. The highest BCUT2D eigenvalue weighted by Gasteiger charge is 2.16. The first-order valence-corrected chi connectivity index (χ1v) is 5.41. The van der Waals surface area contributed by atoms with Crippen LogP contribution in [0, 0.1) is 0 Å². The number of nitrogens with zero attached hydrogens (tertiary/aromatic N) is 2. The van der Waals surface area contributed by atoms with Gasteiger partial charge in [0.25, 0.3) is 0 Å². The number of aliphatic carboxylic acids is 1. The summed E-state index contributed by atoms with van der Waals surface area (Å²) < 4.78 is 0. The SMILES string of the molecule is CN(CCC(=O)O)C(=O)N(C)c1cccc(O)c1. The molecule has 98 valence electrons. The molecule has 0 aliphatic rings. The molecule has 0 aromatic heterocycles. The van der Waals surface area contributed by atoms with Gasteiger partial charge in [0.05, 0.1) is 6.42 Å². The van der Waals surface area contributed by atoms with E-state index in [9.17, 15) is 14.7 Å². The number of urea groups is 1. The number of hydrogen-bond acceptors (Lipinski definition) is 3. The largest absolute Gasteiger partial charge is 0.508 e. The van der Waals surface area contributed by atoms with Crippen molar-refractivity contribution in [1.29, 1.82) is 0 Å². The van der Waals surface area contributed by atoms with Crippen LogP contribution in [0.25, 0.3) is 0 Å². The van der Waals surface area contributed by atoms with Gasteiger partial charge in [0.1, 0.15) is 5.75 Å². The minimum Gasteiger partial charge on any atom is -0.508 e. The highest BCUT2D eigenvalue weighted by Crippen LogP contribution is 2.19. The van der Waals surface area contributed by atoms with Gasteiger partial charge in [-0.15, -0.1) is 0 Å². The van der Waals surface area contributed by atoms with Crippen LogP contribution in [0.1, 0.15) is 6.42 Å². The lowest BCUT2D eigenvalue weighted by Gasteiger charge is -2.24. The van der Waals surface area contributed by atoms with E-state index in [0.717, 1.165) is 0 Å². The highest BCUT2D eigenvalue weighted by molar-refractivity contribution is 5.91. The van der Waals surface area contributed by atoms with Gasteiger partial charge in [0.15, 0.2) is 0 Å². The zero-order chi connectivity index (χ0) is 13.7. The van der Waals surface area contributed by atoms with E-state index >= 15 is 0 Å². The number of anilines is 1. The van der Waals surface area contributed by atoms with Crippen LogP contribution in [0.5, 0.6) is 5.75 Å². The van der Waals surface area contributed by atoms with Crippen molar-refractivity contribution in [1.82, 2.24) is 4.90 Å². The third-order valence-electron chi connectivity index (χ3n) is 2.49. The van der Waals surface area contributed by atoms with Crippen molar-refractivity contribution < 1.29 is 19.8 Å². The van der Waals surface area contributed by atoms with Crippen LogP contribution in [-0.2, 0) is 4.79 Å². The second-order valence-electron chi connectivity index (χ2n) is 3.93. The Morgan fingerprint density at radius 3 is 2.50 bits per heavy atom. The topological polar surface area (TPSA) is 81.1 Å². The van der Waals surface area contributed by atoms with Gasteiger partial charge < -0.3 is 15.1 Å². The molecule has 0 fully saturated rings. The number of benzene rings is 1. The van der Waals surface area contributed by atoms with Crippen LogP contribution in [0.4, 0.5) is 10.5 Å². The first kappa shape index (κ1) is 13.8. The lowest BCUT2D eigenvalue weighted by Crippen LogP contribution is -2.39. The molecule has 1 aromatic carbocycles. The Labute approximate surface area is 105 Å². The maximum absolute atomic E-state index is 11.9. The van der Waals surface area contributed by atoms with Gasteiger partial charge in [-0.05, 0) is 12.1 Å². The van der Waals surface area contributed by atoms with Gasteiger partial charge in [-0.3, -0.25) is 9.69 Å². The molecule has 0 heterocycles. The molecule has 18 heavy (non-hydrogen) atoms. The summed E-state index contributed by atoms with van der Waals surface area (Å²) in [6, 6.07) is 5.95. The van der Waals surface area contributed by atoms with Gasteiger partial charge in [-0.25, -0.2) is 4.79 Å². The van der Waals surface area contributed by atoms with Gasteiger partial charge in [0.2, 0.25) is 0 Å². The molecule has 0 saturated carbocycles. The van der Waals surface area contributed by atoms with E-state index < -0.39 is 5.97 Å². The number of phenolic OH excluding ortho intramolecular Hbond substituents is 1. The number of carboxylic acid groups (broad SMARTS) is 1. The van der Waals surface area contributed by atoms with Crippen molar-refractivity contribution in [3.63, 3.8) is 0 Å². The summed E-state index contributed by atoms with van der Waals surface area (Å²) >= 11 is 0. The normalized spacial score (nSPS) is 9.89. The molecular formula is C12H16N2O4. The second kappa shape index (κ2) is 5.90. The van der Waals surface area contributed by atoms with E-state index in [1.807, 2.05) is 0 Å². The first-order chi connectivity index (χ1) is 8.41. The Hall–Kier alpha value is -2.24. The predicted octanol–water partition coefficient (Wildman–Crippen LogP) is 1.35. The van der Waals surface area contributed by atoms with Crippen LogP contribution < -0.4 is 4.90 Å². The van der Waals surface area contributed by atoms with E-state index in [4.69, 9.17) is 5.11 Å². The number of phenols is 1. The maximum atomic E-state index is 11.9. The summed E-state index contributed by atoms with van der Waals surface area (Å²) in [5.41, 5.74) is 0.544. The number of hydrogen-bond donors (Lipinski definition) is 2. The standard InChI is InChI=1S/C12H16N2O4/c1-13(7-6-11(16)17)12(18)14(2)9-4-3-5-10(15)8-9/h3-5,8,15H,6-7H2,1-2H3,(H,16,17). The molecule has 0 aliphatic heterocycles. The fourth-order valence-corrected chi connectivity index (χ4v) is 1.43. The lowest BCUT2D eigenvalue weighted by molar-refractivity contribution is -0.137. The van der Waals surface area contributed by atoms with Gasteiger partial charge >= 0.3 is 12.0 Å². The highest BCUT2D eigenvalue weighted by atomic mass is 16.4. The van der Waals surface area contributed by atoms with Crippen molar-refractivity contribution in [2.24, 2.45) is 0 Å². The number of aromatic hydroxyl groups is 1. The predicted molar refractivity (Wildman–Crippen MR) is 66.8 cm³/mol. The average Bonchev–Trinajstić information content (AvgIpc) is 2.34. The Morgan fingerprint density at radius 1 is 1.28 bits per heavy atom. The monoisotopic (exact) mass is 252 g/mol. The lowest BCUT2D eigenvalue weighted by atomic mass is 10.3. The summed E-state index contributed by atoms with van der Waals surface area (Å²) in [4.78, 5) is 25.0. The molecule has 0 saturated heterocycles. The van der Waals surface area contributed by atoms with E-state index in [0.29, 0.717) is 5.69 Å². The third-order valence-corrected chi connectivity index (χ3v) is 2.49. The van der Waals surface area contributed by atoms with Crippen LogP contribution in [0.2, 0.25) is 0 Å². The Bertz CT molecular complexity index is 447. The molecule has 1 rings (SSSR count). The fraction of sp³-hybridized carbons (Fsp3) is 0.333. The molecule has 2 amide bonds. The molecule has 0 unspecified atom stereocenters. The number of carbonyl (C=O) groups excluding carboxylic acids is 1. The first-order valence-electron chi connectivity index (χ1n) is 5.41. The molecule has 6 nitrogen and oxygen atoms in total. The summed E-state index contributed by atoms with van der Waals surface area (Å²) in [6.07, 6.45) is -0.101. The van der Waals surface area contributed by atoms with Gasteiger partial charge in [-0.1, -0.05) is 6.07 Å². The number of carboxylic acids is 1. The van der Waals surface area contributed by atoms with Crippen LogP contribution in [-0.4, -0.2) is 47.8 Å². The van der Waals surface area contributed by atoms with Crippen LogP contribution in [0.15, 0.2) is 24.3 Å². The molecule has 0 atom stereocenters. The maximum Gasteiger partial charge on any atom is 0.323 e. The van der Waals surface area contributed by atoms with Crippen molar-refractivity contribution in [2.45, 2.75) is 6.42 Å². The Morgan fingerprint density at radius 2 is 1.94 bits per heavy atom. The Balaban J connectivity index is 2.68. The summed E-state index contributed by atoms with van der Waals surface area (Å²) in [5, 5.41) is 17.9. The second-order valence-corrected chi connectivity index (χ2v) is 3.93. The quantitative estimate of drug-likeness (QED) is 0.847.